The van der Waals surface area contributed by atoms with Crippen molar-refractivity contribution in [1.82, 2.24) is 0 Å². The van der Waals surface area contributed by atoms with Crippen molar-refractivity contribution < 1.29 is 9.90 Å². The van der Waals surface area contributed by atoms with E-state index in [9.17, 15) is 9.90 Å². The molecule has 0 aromatic heterocycles. The molecule has 2 heteroatoms. The van der Waals surface area contributed by atoms with Gasteiger partial charge < -0.3 is 5.11 Å². The molecular weight excluding hydrogens is 212 g/mol. The van der Waals surface area contributed by atoms with E-state index in [1.54, 1.807) is 6.92 Å². The van der Waals surface area contributed by atoms with Gasteiger partial charge >= 0.3 is 0 Å². The van der Waals surface area contributed by atoms with Crippen LogP contribution < -0.4 is 0 Å². The van der Waals surface area contributed by atoms with Crippen molar-refractivity contribution in [3.8, 4) is 0 Å². The molecule has 0 spiro atoms. The molecule has 0 bridgehead atoms. The number of aliphatic hydroxyl groups is 1. The number of benzene rings is 1. The number of hydrogen-bond acceptors (Lipinski definition) is 2. The number of carbonyl (C=O) groups is 1. The van der Waals surface area contributed by atoms with Gasteiger partial charge in [0.25, 0.3) is 0 Å². The minimum Gasteiger partial charge on any atom is -0.384 e. The van der Waals surface area contributed by atoms with Gasteiger partial charge in [-0.2, -0.15) is 0 Å². The standard InChI is InChI=1S/C15H18O2/c1-11(16)13-8-5-9-14(10-13)15(17)12-6-3-2-4-7-12/h2-4,6-7,9,13,15,17H,5,8,10H2,1H3. The predicted octanol–water partition coefficient (Wildman–Crippen LogP) is 3.04. The number of carbonyl (C=O) groups excluding carboxylic acids is 1. The van der Waals surface area contributed by atoms with E-state index in [4.69, 9.17) is 0 Å². The molecule has 0 amide bonds. The number of ketones is 1. The van der Waals surface area contributed by atoms with Gasteiger partial charge in [0.05, 0.1) is 0 Å². The van der Waals surface area contributed by atoms with Crippen LogP contribution in [0.25, 0.3) is 0 Å². The van der Waals surface area contributed by atoms with Gasteiger partial charge in [0.2, 0.25) is 0 Å². The molecule has 0 saturated carbocycles. The molecule has 1 N–H and O–H groups in total. The summed E-state index contributed by atoms with van der Waals surface area (Å²) >= 11 is 0. The molecule has 2 rings (SSSR count). The van der Waals surface area contributed by atoms with Gasteiger partial charge in [-0.25, -0.2) is 0 Å². The Kier molecular flexibility index (Phi) is 3.75. The summed E-state index contributed by atoms with van der Waals surface area (Å²) in [5.74, 6) is 0.323. The molecule has 0 aliphatic heterocycles. The van der Waals surface area contributed by atoms with Gasteiger partial charge in [0.15, 0.2) is 0 Å². The van der Waals surface area contributed by atoms with Crippen molar-refractivity contribution in [2.45, 2.75) is 32.3 Å². The van der Waals surface area contributed by atoms with Crippen LogP contribution in [0.4, 0.5) is 0 Å². The second-order valence-corrected chi connectivity index (χ2v) is 4.68. The Bertz CT molecular complexity index is 420. The predicted molar refractivity (Wildman–Crippen MR) is 67.5 cm³/mol. The number of hydrogen-bond donors (Lipinski definition) is 1. The third kappa shape index (κ3) is 2.83. The van der Waals surface area contributed by atoms with Gasteiger partial charge in [-0.1, -0.05) is 36.4 Å². The first-order valence-electron chi connectivity index (χ1n) is 6.11. The summed E-state index contributed by atoms with van der Waals surface area (Å²) in [5.41, 5.74) is 1.89. The van der Waals surface area contributed by atoms with E-state index >= 15 is 0 Å². The van der Waals surface area contributed by atoms with Crippen LogP contribution in [0.3, 0.4) is 0 Å². The van der Waals surface area contributed by atoms with Crippen molar-refractivity contribution in [3.05, 3.63) is 47.5 Å². The number of allylic oxidation sites excluding steroid dienone is 1. The second-order valence-electron chi connectivity index (χ2n) is 4.68. The molecule has 90 valence electrons. The van der Waals surface area contributed by atoms with E-state index in [-0.39, 0.29) is 11.7 Å². The molecule has 0 radical (unpaired) electrons. The molecule has 1 aromatic carbocycles. The quantitative estimate of drug-likeness (QED) is 0.810. The van der Waals surface area contributed by atoms with Crippen molar-refractivity contribution in [2.24, 2.45) is 5.92 Å². The number of Topliss-reactive ketones (excluding diaryl/α,β-unsaturated/α-hetero) is 1. The van der Waals surface area contributed by atoms with Crippen LogP contribution in [0.5, 0.6) is 0 Å². The third-order valence-electron chi connectivity index (χ3n) is 3.45. The fourth-order valence-electron chi connectivity index (χ4n) is 2.36. The molecule has 2 unspecified atom stereocenters. The first kappa shape index (κ1) is 12.1. The highest BCUT2D eigenvalue weighted by Crippen LogP contribution is 2.33. The van der Waals surface area contributed by atoms with E-state index in [0.717, 1.165) is 24.0 Å². The van der Waals surface area contributed by atoms with E-state index in [2.05, 4.69) is 6.08 Å². The zero-order valence-corrected chi connectivity index (χ0v) is 10.1. The molecule has 0 heterocycles. The smallest absolute Gasteiger partial charge is 0.133 e. The Hall–Kier alpha value is -1.41. The largest absolute Gasteiger partial charge is 0.384 e. The average Bonchev–Trinajstić information content (AvgIpc) is 2.39. The summed E-state index contributed by atoms with van der Waals surface area (Å²) < 4.78 is 0. The van der Waals surface area contributed by atoms with Crippen LogP contribution in [0, 0.1) is 5.92 Å². The molecule has 2 atom stereocenters. The zero-order valence-electron chi connectivity index (χ0n) is 10.1. The highest BCUT2D eigenvalue weighted by atomic mass is 16.3. The molecule has 0 fully saturated rings. The zero-order chi connectivity index (χ0) is 12.3. The lowest BCUT2D eigenvalue weighted by Crippen LogP contribution is -2.17. The van der Waals surface area contributed by atoms with E-state index in [1.165, 1.54) is 0 Å². The maximum absolute atomic E-state index is 11.4. The summed E-state index contributed by atoms with van der Waals surface area (Å²) in [6.07, 6.45) is 4.03. The van der Waals surface area contributed by atoms with E-state index < -0.39 is 6.10 Å². The van der Waals surface area contributed by atoms with Gasteiger partial charge in [0.1, 0.15) is 11.9 Å². The first-order valence-corrected chi connectivity index (χ1v) is 6.11. The fourth-order valence-corrected chi connectivity index (χ4v) is 2.36. The highest BCUT2D eigenvalue weighted by Gasteiger charge is 2.23. The third-order valence-corrected chi connectivity index (χ3v) is 3.45. The van der Waals surface area contributed by atoms with Crippen LogP contribution in [-0.2, 0) is 4.79 Å². The Labute approximate surface area is 102 Å². The molecule has 1 aromatic rings. The average molecular weight is 230 g/mol. The number of aliphatic hydroxyl groups excluding tert-OH is 1. The van der Waals surface area contributed by atoms with Gasteiger partial charge in [-0.15, -0.1) is 0 Å². The van der Waals surface area contributed by atoms with Crippen LogP contribution in [0.1, 0.15) is 37.9 Å². The van der Waals surface area contributed by atoms with Crippen LogP contribution in [0.2, 0.25) is 0 Å². The minimum absolute atomic E-state index is 0.0911. The van der Waals surface area contributed by atoms with Crippen LogP contribution >= 0.6 is 0 Å². The highest BCUT2D eigenvalue weighted by molar-refractivity contribution is 5.78. The van der Waals surface area contributed by atoms with Crippen LogP contribution in [-0.4, -0.2) is 10.9 Å². The number of rotatable bonds is 3. The summed E-state index contributed by atoms with van der Waals surface area (Å²) in [6, 6.07) is 9.62. The monoisotopic (exact) mass is 230 g/mol. The van der Waals surface area contributed by atoms with Gasteiger partial charge in [-0.3, -0.25) is 4.79 Å². The lowest BCUT2D eigenvalue weighted by molar-refractivity contribution is -0.121. The first-order chi connectivity index (χ1) is 8.18. The molecule has 17 heavy (non-hydrogen) atoms. The van der Waals surface area contributed by atoms with Gasteiger partial charge in [0, 0.05) is 5.92 Å². The summed E-state index contributed by atoms with van der Waals surface area (Å²) in [5, 5.41) is 10.3. The second kappa shape index (κ2) is 5.28. The van der Waals surface area contributed by atoms with Crippen molar-refractivity contribution in [1.29, 1.82) is 0 Å². The normalized spacial score (nSPS) is 21.8. The van der Waals surface area contributed by atoms with E-state index in [1.807, 2.05) is 30.3 Å². The molecular formula is C15H18O2. The van der Waals surface area contributed by atoms with E-state index in [0.29, 0.717) is 6.42 Å². The Morgan fingerprint density at radius 1 is 1.35 bits per heavy atom. The van der Waals surface area contributed by atoms with Crippen molar-refractivity contribution in [2.75, 3.05) is 0 Å². The molecule has 1 aliphatic carbocycles. The Morgan fingerprint density at radius 3 is 2.71 bits per heavy atom. The SMILES string of the molecule is CC(=O)C1CCC=C(C(O)c2ccccc2)C1. The lowest BCUT2D eigenvalue weighted by Gasteiger charge is -2.24. The van der Waals surface area contributed by atoms with Gasteiger partial charge in [-0.05, 0) is 37.3 Å². The summed E-state index contributed by atoms with van der Waals surface area (Å²) in [6.45, 7) is 1.64. The van der Waals surface area contributed by atoms with Crippen LogP contribution in [0.15, 0.2) is 42.0 Å². The Balaban J connectivity index is 2.13. The summed E-state index contributed by atoms with van der Waals surface area (Å²) in [4.78, 5) is 11.4. The summed E-state index contributed by atoms with van der Waals surface area (Å²) in [7, 11) is 0. The van der Waals surface area contributed by atoms with Crippen molar-refractivity contribution in [3.63, 3.8) is 0 Å². The molecule has 1 aliphatic rings. The lowest BCUT2D eigenvalue weighted by atomic mass is 9.83. The molecule has 0 saturated heterocycles. The fraction of sp³-hybridized carbons (Fsp3) is 0.400. The molecule has 2 nitrogen and oxygen atoms in total. The maximum atomic E-state index is 11.4. The Morgan fingerprint density at radius 2 is 2.06 bits per heavy atom. The topological polar surface area (TPSA) is 37.3 Å². The maximum Gasteiger partial charge on any atom is 0.133 e. The van der Waals surface area contributed by atoms with Crippen molar-refractivity contribution >= 4 is 5.78 Å². The minimum atomic E-state index is -0.557.